The van der Waals surface area contributed by atoms with Crippen LogP contribution in [0.15, 0.2) is 17.2 Å². The monoisotopic (exact) mass is 331 g/mol. The van der Waals surface area contributed by atoms with E-state index in [-0.39, 0.29) is 10.9 Å². The summed E-state index contributed by atoms with van der Waals surface area (Å²) in [5, 5.41) is 3.14. The van der Waals surface area contributed by atoms with Crippen LogP contribution in [0.5, 0.6) is 0 Å². The van der Waals surface area contributed by atoms with Crippen molar-refractivity contribution in [1.29, 1.82) is 0 Å². The molecule has 1 aliphatic carbocycles. The van der Waals surface area contributed by atoms with Crippen LogP contribution in [0.2, 0.25) is 5.02 Å². The highest BCUT2D eigenvalue weighted by molar-refractivity contribution is 7.89. The summed E-state index contributed by atoms with van der Waals surface area (Å²) in [5.74, 6) is 0.950. The molecule has 1 aliphatic rings. The number of rotatable bonds is 7. The average molecular weight is 332 g/mol. The zero-order valence-corrected chi connectivity index (χ0v) is 14.2. The Bertz CT molecular complexity index is 600. The van der Waals surface area contributed by atoms with Crippen molar-refractivity contribution in [2.45, 2.75) is 44.0 Å². The number of hydrogen-bond donors (Lipinski definition) is 1. The van der Waals surface area contributed by atoms with Gasteiger partial charge in [-0.05, 0) is 31.2 Å². The van der Waals surface area contributed by atoms with Crippen LogP contribution in [0.4, 0.5) is 5.82 Å². The molecule has 0 unspecified atom stereocenters. The molecule has 0 bridgehead atoms. The maximum absolute atomic E-state index is 12.8. The van der Waals surface area contributed by atoms with E-state index in [0.717, 1.165) is 19.3 Å². The Balaban J connectivity index is 2.27. The Labute approximate surface area is 131 Å². The second kappa shape index (κ2) is 6.50. The highest BCUT2D eigenvalue weighted by Gasteiger charge is 2.38. The normalized spacial score (nSPS) is 15.7. The van der Waals surface area contributed by atoms with Crippen molar-refractivity contribution >= 4 is 27.4 Å². The molecule has 0 aromatic carbocycles. The summed E-state index contributed by atoms with van der Waals surface area (Å²) in [4.78, 5) is 4.24. The van der Waals surface area contributed by atoms with Gasteiger partial charge in [0, 0.05) is 25.8 Å². The molecule has 7 heteroatoms. The van der Waals surface area contributed by atoms with Crippen LogP contribution in [-0.2, 0) is 10.0 Å². The minimum absolute atomic E-state index is 0.136. The molecule has 1 N–H and O–H groups in total. The standard InChI is InChI=1S/C14H22ClN3O2S/c1-10(2)6-7-18(11-4-5-11)21(19,20)12-8-13(15)14(16-3)17-9-12/h8-11H,4-7H2,1-3H3,(H,16,17). The van der Waals surface area contributed by atoms with Crippen LogP contribution in [0.25, 0.3) is 0 Å². The van der Waals surface area contributed by atoms with Crippen molar-refractivity contribution in [3.63, 3.8) is 0 Å². The van der Waals surface area contributed by atoms with Crippen molar-refractivity contribution in [2.75, 3.05) is 18.9 Å². The summed E-state index contributed by atoms with van der Waals surface area (Å²) in [6.07, 6.45) is 4.10. The molecule has 118 valence electrons. The van der Waals surface area contributed by atoms with Crippen LogP contribution >= 0.6 is 11.6 Å². The molecule has 1 aromatic rings. The molecular weight excluding hydrogens is 310 g/mol. The largest absolute Gasteiger partial charge is 0.372 e. The molecule has 0 amide bonds. The minimum Gasteiger partial charge on any atom is -0.372 e. The highest BCUT2D eigenvalue weighted by atomic mass is 35.5. The Morgan fingerprint density at radius 3 is 2.62 bits per heavy atom. The van der Waals surface area contributed by atoms with E-state index in [1.54, 1.807) is 11.4 Å². The summed E-state index contributed by atoms with van der Waals surface area (Å²) in [6, 6.07) is 1.61. The molecule has 1 saturated carbocycles. The zero-order valence-electron chi connectivity index (χ0n) is 12.6. The number of aromatic nitrogens is 1. The van der Waals surface area contributed by atoms with E-state index in [9.17, 15) is 8.42 Å². The van der Waals surface area contributed by atoms with Crippen LogP contribution in [0, 0.1) is 5.92 Å². The van der Waals surface area contributed by atoms with Crippen LogP contribution < -0.4 is 5.32 Å². The number of anilines is 1. The summed E-state index contributed by atoms with van der Waals surface area (Å²) >= 11 is 6.06. The van der Waals surface area contributed by atoms with Crippen molar-refractivity contribution in [2.24, 2.45) is 5.92 Å². The van der Waals surface area contributed by atoms with Gasteiger partial charge >= 0.3 is 0 Å². The predicted octanol–water partition coefficient (Wildman–Crippen LogP) is 2.98. The lowest BCUT2D eigenvalue weighted by Gasteiger charge is -2.23. The lowest BCUT2D eigenvalue weighted by Crippen LogP contribution is -2.34. The molecule has 2 rings (SSSR count). The Morgan fingerprint density at radius 2 is 2.14 bits per heavy atom. The number of nitrogens with zero attached hydrogens (tertiary/aromatic N) is 2. The molecule has 0 saturated heterocycles. The van der Waals surface area contributed by atoms with Crippen LogP contribution in [0.3, 0.4) is 0 Å². The topological polar surface area (TPSA) is 62.3 Å². The van der Waals surface area contributed by atoms with Gasteiger partial charge in [-0.25, -0.2) is 13.4 Å². The number of hydrogen-bond acceptors (Lipinski definition) is 4. The van der Waals surface area contributed by atoms with Crippen LogP contribution in [0.1, 0.15) is 33.1 Å². The van der Waals surface area contributed by atoms with E-state index >= 15 is 0 Å². The van der Waals surface area contributed by atoms with Gasteiger partial charge in [0.2, 0.25) is 10.0 Å². The second-order valence-electron chi connectivity index (χ2n) is 5.78. The van der Waals surface area contributed by atoms with E-state index < -0.39 is 10.0 Å². The lowest BCUT2D eigenvalue weighted by molar-refractivity contribution is 0.373. The molecule has 0 atom stereocenters. The third-order valence-corrected chi connectivity index (χ3v) is 5.75. The predicted molar refractivity (Wildman–Crippen MR) is 85.2 cm³/mol. The summed E-state index contributed by atoms with van der Waals surface area (Å²) in [5.41, 5.74) is 0. The van der Waals surface area contributed by atoms with Crippen molar-refractivity contribution in [3.05, 3.63) is 17.3 Å². The first-order valence-electron chi connectivity index (χ1n) is 7.21. The van der Waals surface area contributed by atoms with Gasteiger partial charge in [0.25, 0.3) is 0 Å². The first kappa shape index (κ1) is 16.5. The van der Waals surface area contributed by atoms with Crippen LogP contribution in [-0.4, -0.2) is 37.3 Å². The summed E-state index contributed by atoms with van der Waals surface area (Å²) in [7, 11) is -1.83. The maximum atomic E-state index is 12.8. The Kier molecular flexibility index (Phi) is 5.11. The van der Waals surface area contributed by atoms with Gasteiger partial charge in [-0.2, -0.15) is 4.31 Å². The zero-order chi connectivity index (χ0) is 15.6. The number of sulfonamides is 1. The molecule has 5 nitrogen and oxygen atoms in total. The second-order valence-corrected chi connectivity index (χ2v) is 8.08. The SMILES string of the molecule is CNc1ncc(S(=O)(=O)N(CCC(C)C)C2CC2)cc1Cl. The average Bonchev–Trinajstić information content (AvgIpc) is 3.22. The highest BCUT2D eigenvalue weighted by Crippen LogP contribution is 2.33. The molecule has 0 aliphatic heterocycles. The van der Waals surface area contributed by atoms with Gasteiger partial charge in [0.05, 0.1) is 5.02 Å². The van der Waals surface area contributed by atoms with Gasteiger partial charge < -0.3 is 5.32 Å². The number of halogens is 1. The van der Waals surface area contributed by atoms with E-state index in [0.29, 0.717) is 23.3 Å². The Morgan fingerprint density at radius 1 is 1.48 bits per heavy atom. The fraction of sp³-hybridized carbons (Fsp3) is 0.643. The molecule has 0 radical (unpaired) electrons. The molecule has 1 aromatic heterocycles. The third kappa shape index (κ3) is 3.87. The van der Waals surface area contributed by atoms with Crippen molar-refractivity contribution in [3.8, 4) is 0 Å². The fourth-order valence-electron chi connectivity index (χ4n) is 2.13. The molecular formula is C14H22ClN3O2S. The quantitative estimate of drug-likeness (QED) is 0.834. The fourth-order valence-corrected chi connectivity index (χ4v) is 4.13. The molecule has 1 fully saturated rings. The van der Waals surface area contributed by atoms with E-state index in [1.807, 2.05) is 0 Å². The Hall–Kier alpha value is -0.850. The van der Waals surface area contributed by atoms with E-state index in [4.69, 9.17) is 11.6 Å². The van der Waals surface area contributed by atoms with E-state index in [2.05, 4.69) is 24.1 Å². The van der Waals surface area contributed by atoms with E-state index in [1.165, 1.54) is 12.3 Å². The summed E-state index contributed by atoms with van der Waals surface area (Å²) < 4.78 is 27.2. The first-order chi connectivity index (χ1) is 9.86. The molecule has 21 heavy (non-hydrogen) atoms. The summed E-state index contributed by atoms with van der Waals surface area (Å²) in [6.45, 7) is 4.74. The molecule has 1 heterocycles. The van der Waals surface area contributed by atoms with Gasteiger partial charge in [-0.15, -0.1) is 0 Å². The maximum Gasteiger partial charge on any atom is 0.244 e. The van der Waals surface area contributed by atoms with Crippen molar-refractivity contribution < 1.29 is 8.42 Å². The van der Waals surface area contributed by atoms with Gasteiger partial charge in [-0.1, -0.05) is 25.4 Å². The number of nitrogens with one attached hydrogen (secondary N) is 1. The van der Waals surface area contributed by atoms with Crippen molar-refractivity contribution in [1.82, 2.24) is 9.29 Å². The third-order valence-electron chi connectivity index (χ3n) is 3.54. The number of pyridine rings is 1. The molecule has 0 spiro atoms. The lowest BCUT2D eigenvalue weighted by atomic mass is 10.1. The first-order valence-corrected chi connectivity index (χ1v) is 9.03. The van der Waals surface area contributed by atoms with Gasteiger partial charge in [0.1, 0.15) is 10.7 Å². The van der Waals surface area contributed by atoms with Gasteiger partial charge in [0.15, 0.2) is 0 Å². The minimum atomic E-state index is -3.52. The van der Waals surface area contributed by atoms with Gasteiger partial charge in [-0.3, -0.25) is 0 Å². The smallest absolute Gasteiger partial charge is 0.244 e.